The van der Waals surface area contributed by atoms with Gasteiger partial charge in [-0.05, 0) is 98.2 Å². The molecule has 0 aromatic carbocycles. The van der Waals surface area contributed by atoms with Crippen LogP contribution in [-0.2, 0) is 4.79 Å². The zero-order valence-corrected chi connectivity index (χ0v) is 17.5. The summed E-state index contributed by atoms with van der Waals surface area (Å²) in [5.41, 5.74) is 6.26. The highest BCUT2D eigenvalue weighted by Crippen LogP contribution is 2.67. The molecule has 4 aliphatic carbocycles. The van der Waals surface area contributed by atoms with Crippen LogP contribution in [0.15, 0.2) is 0 Å². The van der Waals surface area contributed by atoms with Gasteiger partial charge < -0.3 is 21.1 Å². The van der Waals surface area contributed by atoms with E-state index < -0.39 is 5.97 Å². The van der Waals surface area contributed by atoms with Crippen molar-refractivity contribution in [3.8, 4) is 0 Å². The number of carboxylic acid groups (broad SMARTS) is 1. The minimum atomic E-state index is -0.735. The Balaban J connectivity index is 1.58. The third-order valence-corrected chi connectivity index (χ3v) is 9.96. The average molecular weight is 394 g/mol. The van der Waals surface area contributed by atoms with Crippen LogP contribution >= 0.6 is 0 Å². The molecule has 0 unspecified atom stereocenters. The van der Waals surface area contributed by atoms with Crippen LogP contribution in [-0.4, -0.2) is 39.5 Å². The van der Waals surface area contributed by atoms with Crippen molar-refractivity contribution in [3.63, 3.8) is 0 Å². The second kappa shape index (κ2) is 7.24. The van der Waals surface area contributed by atoms with Gasteiger partial charge in [-0.1, -0.05) is 13.8 Å². The standard InChI is InChI=1S/C23H39NO4/c1-22-9-8-15(24)10-14(22)11-18(25)21-16-7-6-13(4-3-5-20(27)28)23(16,2)19(26)12-17(21)22/h13-19,21,25-26H,3-12,24H2,1-2H3,(H,27,28)/t13-,14-,15+,16-,17-,18+,19-,21-,22-,23+/m0/s1. The van der Waals surface area contributed by atoms with E-state index in [-0.39, 0.29) is 41.4 Å². The van der Waals surface area contributed by atoms with E-state index in [0.29, 0.717) is 30.1 Å². The molecule has 4 saturated carbocycles. The summed E-state index contributed by atoms with van der Waals surface area (Å²) in [4.78, 5) is 10.9. The van der Waals surface area contributed by atoms with Crippen LogP contribution in [0.1, 0.15) is 78.1 Å². The molecule has 10 atom stereocenters. The van der Waals surface area contributed by atoms with Crippen molar-refractivity contribution in [2.75, 3.05) is 0 Å². The summed E-state index contributed by atoms with van der Waals surface area (Å²) in [6.45, 7) is 4.64. The van der Waals surface area contributed by atoms with Crippen molar-refractivity contribution in [1.82, 2.24) is 0 Å². The van der Waals surface area contributed by atoms with E-state index in [9.17, 15) is 15.0 Å². The summed E-state index contributed by atoms with van der Waals surface area (Å²) >= 11 is 0. The van der Waals surface area contributed by atoms with E-state index in [1.54, 1.807) is 0 Å². The van der Waals surface area contributed by atoms with Gasteiger partial charge in [-0.3, -0.25) is 4.79 Å². The third-order valence-electron chi connectivity index (χ3n) is 9.96. The molecule has 0 aromatic rings. The maximum absolute atomic E-state index is 11.4. The van der Waals surface area contributed by atoms with Crippen molar-refractivity contribution >= 4 is 5.97 Å². The van der Waals surface area contributed by atoms with Gasteiger partial charge in [-0.25, -0.2) is 0 Å². The van der Waals surface area contributed by atoms with Crippen LogP contribution in [0.4, 0.5) is 0 Å². The van der Waals surface area contributed by atoms with Crippen molar-refractivity contribution < 1.29 is 20.1 Å². The highest BCUT2D eigenvalue weighted by molar-refractivity contribution is 5.66. The molecule has 5 heteroatoms. The predicted molar refractivity (Wildman–Crippen MR) is 107 cm³/mol. The number of carbonyl (C=O) groups is 1. The topological polar surface area (TPSA) is 104 Å². The van der Waals surface area contributed by atoms with Crippen LogP contribution in [0.2, 0.25) is 0 Å². The first kappa shape index (κ1) is 20.6. The van der Waals surface area contributed by atoms with Crippen LogP contribution < -0.4 is 5.73 Å². The third kappa shape index (κ3) is 3.04. The quantitative estimate of drug-likeness (QED) is 0.587. The second-order valence-corrected chi connectivity index (χ2v) is 11.0. The zero-order chi connectivity index (χ0) is 20.3. The fraction of sp³-hybridized carbons (Fsp3) is 0.957. The highest BCUT2D eigenvalue weighted by atomic mass is 16.4. The molecule has 5 nitrogen and oxygen atoms in total. The largest absolute Gasteiger partial charge is 0.481 e. The summed E-state index contributed by atoms with van der Waals surface area (Å²) in [5.74, 6) is 1.09. The lowest BCUT2D eigenvalue weighted by atomic mass is 9.43. The summed E-state index contributed by atoms with van der Waals surface area (Å²) in [7, 11) is 0. The van der Waals surface area contributed by atoms with Crippen LogP contribution in [0.3, 0.4) is 0 Å². The monoisotopic (exact) mass is 393 g/mol. The molecule has 0 heterocycles. The molecule has 0 radical (unpaired) electrons. The molecule has 0 bridgehead atoms. The fourth-order valence-corrected chi connectivity index (χ4v) is 8.32. The van der Waals surface area contributed by atoms with Gasteiger partial charge in [0.15, 0.2) is 0 Å². The van der Waals surface area contributed by atoms with E-state index in [2.05, 4.69) is 13.8 Å². The normalized spacial score (nSPS) is 53.2. The number of hydrogen-bond donors (Lipinski definition) is 4. The molecule has 4 rings (SSSR count). The lowest BCUT2D eigenvalue weighted by molar-refractivity contribution is -0.199. The lowest BCUT2D eigenvalue weighted by Crippen LogP contribution is -2.62. The Morgan fingerprint density at radius 1 is 1.07 bits per heavy atom. The SMILES string of the molecule is C[C@]12CC[C@@H](N)C[C@H]1C[C@@H](O)[C@@H]1[C@@H]2C[C@H](O)[C@]2(C)[C@@H](CCCC(=O)O)CC[C@@H]12. The lowest BCUT2D eigenvalue weighted by Gasteiger charge is -2.63. The molecule has 0 saturated heterocycles. The van der Waals surface area contributed by atoms with Gasteiger partial charge in [-0.15, -0.1) is 0 Å². The molecule has 28 heavy (non-hydrogen) atoms. The van der Waals surface area contributed by atoms with E-state index in [1.165, 1.54) is 0 Å². The molecule has 0 aliphatic heterocycles. The average Bonchev–Trinajstić information content (AvgIpc) is 2.95. The first-order valence-corrected chi connectivity index (χ1v) is 11.5. The van der Waals surface area contributed by atoms with Gasteiger partial charge in [-0.2, -0.15) is 0 Å². The first-order chi connectivity index (χ1) is 13.2. The Kier molecular flexibility index (Phi) is 5.33. The smallest absolute Gasteiger partial charge is 0.303 e. The Morgan fingerprint density at radius 2 is 1.82 bits per heavy atom. The molecule has 4 fully saturated rings. The number of aliphatic hydroxyl groups is 2. The number of aliphatic hydroxyl groups excluding tert-OH is 2. The molecule has 0 amide bonds. The van der Waals surface area contributed by atoms with Crippen LogP contribution in [0.5, 0.6) is 0 Å². The van der Waals surface area contributed by atoms with Crippen LogP contribution in [0, 0.1) is 40.4 Å². The maximum atomic E-state index is 11.4. The number of fused-ring (bicyclic) bond motifs is 5. The fourth-order valence-electron chi connectivity index (χ4n) is 8.32. The molecule has 0 aromatic heterocycles. The van der Waals surface area contributed by atoms with Crippen LogP contribution in [0.25, 0.3) is 0 Å². The second-order valence-electron chi connectivity index (χ2n) is 11.0. The van der Waals surface area contributed by atoms with Crippen molar-refractivity contribution in [1.29, 1.82) is 0 Å². The molecule has 160 valence electrons. The summed E-state index contributed by atoms with van der Waals surface area (Å²) in [6, 6.07) is 0.255. The first-order valence-electron chi connectivity index (χ1n) is 11.5. The van der Waals surface area contributed by atoms with Gasteiger partial charge in [0, 0.05) is 12.5 Å². The maximum Gasteiger partial charge on any atom is 0.303 e. The Labute approximate surface area is 169 Å². The van der Waals surface area contributed by atoms with Gasteiger partial charge >= 0.3 is 5.97 Å². The van der Waals surface area contributed by atoms with E-state index in [1.807, 2.05) is 0 Å². The van der Waals surface area contributed by atoms with Gasteiger partial charge in [0.1, 0.15) is 0 Å². The Hall–Kier alpha value is -0.650. The van der Waals surface area contributed by atoms with Crippen molar-refractivity contribution in [2.45, 2.75) is 96.3 Å². The summed E-state index contributed by atoms with van der Waals surface area (Å²) in [5, 5.41) is 31.6. The van der Waals surface area contributed by atoms with Crippen molar-refractivity contribution in [2.24, 2.45) is 46.2 Å². The Morgan fingerprint density at radius 3 is 2.54 bits per heavy atom. The summed E-state index contributed by atoms with van der Waals surface area (Å²) in [6.07, 6.45) is 8.06. The number of aliphatic carboxylic acids is 1. The minimum Gasteiger partial charge on any atom is -0.481 e. The molecular formula is C23H39NO4. The number of hydrogen-bond acceptors (Lipinski definition) is 4. The minimum absolute atomic E-state index is 0.184. The van der Waals surface area contributed by atoms with Gasteiger partial charge in [0.2, 0.25) is 0 Å². The molecule has 4 aliphatic rings. The molecular weight excluding hydrogens is 354 g/mol. The predicted octanol–water partition coefficient (Wildman–Crippen LogP) is 3.17. The van der Waals surface area contributed by atoms with E-state index in [0.717, 1.165) is 51.4 Å². The summed E-state index contributed by atoms with van der Waals surface area (Å²) < 4.78 is 0. The number of carboxylic acids is 1. The van der Waals surface area contributed by atoms with E-state index in [4.69, 9.17) is 10.8 Å². The van der Waals surface area contributed by atoms with Gasteiger partial charge in [0.05, 0.1) is 12.2 Å². The van der Waals surface area contributed by atoms with Crippen molar-refractivity contribution in [3.05, 3.63) is 0 Å². The Bertz CT molecular complexity index is 611. The highest BCUT2D eigenvalue weighted by Gasteiger charge is 2.64. The zero-order valence-electron chi connectivity index (χ0n) is 17.5. The van der Waals surface area contributed by atoms with E-state index >= 15 is 0 Å². The number of nitrogens with two attached hydrogens (primary N) is 1. The molecule has 0 spiro atoms. The molecule has 5 N–H and O–H groups in total. The van der Waals surface area contributed by atoms with Gasteiger partial charge in [0.25, 0.3) is 0 Å². The number of rotatable bonds is 4.